The number of halogens is 2. The second-order valence-electron chi connectivity index (χ2n) is 3.23. The molecule has 2 rings (SSSR count). The predicted molar refractivity (Wildman–Crippen MR) is 55.3 cm³/mol. The summed E-state index contributed by atoms with van der Waals surface area (Å²) in [6, 6.07) is 4.75. The van der Waals surface area contributed by atoms with E-state index in [1.54, 1.807) is 0 Å². The van der Waals surface area contributed by atoms with Crippen molar-refractivity contribution in [2.45, 2.75) is 10.8 Å². The second-order valence-corrected chi connectivity index (χ2v) is 4.25. The topological polar surface area (TPSA) is 52.9 Å². The van der Waals surface area contributed by atoms with Crippen LogP contribution >= 0.6 is 11.8 Å². The maximum atomic E-state index is 13.1. The second kappa shape index (κ2) is 3.76. The largest absolute Gasteiger partial charge is 0.357 e. The monoisotopic (exact) mass is 240 g/mol. The zero-order chi connectivity index (χ0) is 11.8. The molecule has 0 fully saturated rings. The Labute approximate surface area is 94.4 Å². The highest BCUT2D eigenvalue weighted by Crippen LogP contribution is 2.36. The minimum Gasteiger partial charge on any atom is -0.324 e. The summed E-state index contributed by atoms with van der Waals surface area (Å²) in [5.41, 5.74) is -0.0646. The lowest BCUT2D eigenvalue weighted by atomic mass is 10.1. The summed E-state index contributed by atoms with van der Waals surface area (Å²) in [5, 5.41) is 10.8. The van der Waals surface area contributed by atoms with E-state index in [1.807, 2.05) is 0 Å². The van der Waals surface area contributed by atoms with E-state index in [0.717, 1.165) is 17.0 Å². The van der Waals surface area contributed by atoms with E-state index >= 15 is 0 Å². The summed E-state index contributed by atoms with van der Waals surface area (Å²) in [6.45, 7) is 0. The molecule has 1 aliphatic heterocycles. The van der Waals surface area contributed by atoms with Gasteiger partial charge in [-0.3, -0.25) is 4.79 Å². The number of anilines is 1. The minimum atomic E-state index is -3.53. The molecular formula is C10H6F2N2OS. The van der Waals surface area contributed by atoms with Crippen LogP contribution in [0.3, 0.4) is 0 Å². The smallest absolute Gasteiger partial charge is 0.324 e. The number of amides is 1. The van der Waals surface area contributed by atoms with E-state index in [-0.39, 0.29) is 11.7 Å². The number of hydrogen-bond acceptors (Lipinski definition) is 3. The van der Waals surface area contributed by atoms with Crippen molar-refractivity contribution in [3.8, 4) is 6.07 Å². The maximum absolute atomic E-state index is 13.1. The number of nitriles is 1. The summed E-state index contributed by atoms with van der Waals surface area (Å²) < 4.78 is 26.1. The molecule has 1 aliphatic rings. The van der Waals surface area contributed by atoms with Crippen LogP contribution in [0.5, 0.6) is 0 Å². The van der Waals surface area contributed by atoms with Crippen LogP contribution in [-0.2, 0) is 10.7 Å². The number of nitrogens with one attached hydrogen (secondary N) is 1. The van der Waals surface area contributed by atoms with Gasteiger partial charge in [0.25, 0.3) is 0 Å². The van der Waals surface area contributed by atoms with E-state index in [0.29, 0.717) is 5.69 Å². The van der Waals surface area contributed by atoms with Crippen LogP contribution in [0.1, 0.15) is 5.56 Å². The highest BCUT2D eigenvalue weighted by atomic mass is 32.2. The number of nitrogens with zero attached hydrogens (tertiary/aromatic N) is 1. The van der Waals surface area contributed by atoms with Gasteiger partial charge in [0, 0.05) is 10.5 Å². The Bertz CT molecular complexity index is 496. The predicted octanol–water partition coefficient (Wildman–Crippen LogP) is 2.35. The third kappa shape index (κ3) is 1.86. The molecule has 1 N–H and O–H groups in total. The molecular weight excluding hydrogens is 234 g/mol. The van der Waals surface area contributed by atoms with E-state index in [9.17, 15) is 13.6 Å². The van der Waals surface area contributed by atoms with Crippen LogP contribution in [0, 0.1) is 11.3 Å². The lowest BCUT2D eigenvalue weighted by Crippen LogP contribution is -2.19. The molecule has 0 atom stereocenters. The fourth-order valence-electron chi connectivity index (χ4n) is 1.34. The van der Waals surface area contributed by atoms with Crippen molar-refractivity contribution < 1.29 is 13.6 Å². The molecule has 0 saturated heterocycles. The van der Waals surface area contributed by atoms with Crippen molar-refractivity contribution in [2.24, 2.45) is 0 Å². The zero-order valence-corrected chi connectivity index (χ0v) is 8.78. The van der Waals surface area contributed by atoms with Gasteiger partial charge in [0.1, 0.15) is 6.07 Å². The molecule has 16 heavy (non-hydrogen) atoms. The lowest BCUT2D eigenvalue weighted by molar-refractivity contribution is -0.113. The average molecular weight is 240 g/mol. The first-order valence-corrected chi connectivity index (χ1v) is 5.38. The molecule has 82 valence electrons. The Kier molecular flexibility index (Phi) is 2.56. The number of alkyl halides is 2. The molecule has 0 radical (unpaired) electrons. The molecule has 0 aromatic heterocycles. The molecule has 1 heterocycles. The quantitative estimate of drug-likeness (QED) is 0.819. The van der Waals surface area contributed by atoms with Gasteiger partial charge in [0.15, 0.2) is 0 Å². The number of rotatable bonds is 1. The minimum absolute atomic E-state index is 0.227. The van der Waals surface area contributed by atoms with Crippen molar-refractivity contribution in [1.29, 1.82) is 5.26 Å². The van der Waals surface area contributed by atoms with Gasteiger partial charge in [0.2, 0.25) is 5.91 Å². The van der Waals surface area contributed by atoms with Gasteiger partial charge < -0.3 is 5.32 Å². The summed E-state index contributed by atoms with van der Waals surface area (Å²) >= 11 is 1.28. The van der Waals surface area contributed by atoms with Crippen molar-refractivity contribution >= 4 is 23.4 Å². The van der Waals surface area contributed by atoms with E-state index < -0.39 is 11.5 Å². The normalized spacial score (nSPS) is 14.9. The van der Waals surface area contributed by atoms with Crippen LogP contribution in [0.15, 0.2) is 23.1 Å². The summed E-state index contributed by atoms with van der Waals surface area (Å²) in [4.78, 5) is 11.8. The van der Waals surface area contributed by atoms with Gasteiger partial charge >= 0.3 is 5.92 Å². The maximum Gasteiger partial charge on any atom is 0.357 e. The number of carbonyl (C=O) groups excluding carboxylic acids is 1. The number of fused-ring (bicyclic) bond motifs is 1. The van der Waals surface area contributed by atoms with Gasteiger partial charge in [-0.15, -0.1) is 11.8 Å². The first kappa shape index (κ1) is 10.9. The Hall–Kier alpha value is -1.61. The molecule has 1 aromatic carbocycles. The first-order valence-electron chi connectivity index (χ1n) is 4.39. The molecule has 0 aliphatic carbocycles. The van der Waals surface area contributed by atoms with Crippen molar-refractivity contribution in [2.75, 3.05) is 11.1 Å². The average Bonchev–Trinajstić information content (AvgIpc) is 2.28. The Morgan fingerprint density at radius 3 is 2.94 bits per heavy atom. The number of thioether (sulfide) groups is 1. The summed E-state index contributed by atoms with van der Waals surface area (Å²) in [7, 11) is 0. The molecule has 6 heteroatoms. The fourth-order valence-corrected chi connectivity index (χ4v) is 2.13. The van der Waals surface area contributed by atoms with Crippen LogP contribution in [0.4, 0.5) is 14.5 Å². The van der Waals surface area contributed by atoms with Gasteiger partial charge in [0.05, 0.1) is 11.4 Å². The number of carbonyl (C=O) groups is 1. The van der Waals surface area contributed by atoms with Crippen molar-refractivity contribution in [3.05, 3.63) is 23.8 Å². The van der Waals surface area contributed by atoms with Gasteiger partial charge in [-0.05, 0) is 12.1 Å². The molecule has 0 unspecified atom stereocenters. The standard InChI is InChI=1S/C10H6F2N2OS/c11-10(12,5-13)6-1-2-8-7(3-6)14-9(15)4-16-8/h1-3H,4H2,(H,14,15). The molecule has 0 saturated carbocycles. The SMILES string of the molecule is N#CC(F)(F)c1ccc2c(c1)NC(=O)CS2. The highest BCUT2D eigenvalue weighted by Gasteiger charge is 2.32. The molecule has 0 bridgehead atoms. The molecule has 3 nitrogen and oxygen atoms in total. The first-order chi connectivity index (χ1) is 7.53. The fraction of sp³-hybridized carbons (Fsp3) is 0.200. The Balaban J connectivity index is 2.43. The third-order valence-electron chi connectivity index (χ3n) is 2.12. The molecule has 0 spiro atoms. The summed E-state index contributed by atoms with van der Waals surface area (Å²) in [5.74, 6) is -3.47. The van der Waals surface area contributed by atoms with Gasteiger partial charge in [-0.25, -0.2) is 0 Å². The van der Waals surface area contributed by atoms with Crippen LogP contribution in [0.2, 0.25) is 0 Å². The number of benzene rings is 1. The Morgan fingerprint density at radius 1 is 1.50 bits per heavy atom. The van der Waals surface area contributed by atoms with Crippen LogP contribution < -0.4 is 5.32 Å². The summed E-state index contributed by atoms with van der Waals surface area (Å²) in [6.07, 6.45) is 0. The third-order valence-corrected chi connectivity index (χ3v) is 3.19. The van der Waals surface area contributed by atoms with Crippen LogP contribution in [0.25, 0.3) is 0 Å². The van der Waals surface area contributed by atoms with Crippen molar-refractivity contribution in [1.82, 2.24) is 0 Å². The van der Waals surface area contributed by atoms with E-state index in [4.69, 9.17) is 5.26 Å². The van der Waals surface area contributed by atoms with Gasteiger partial charge in [-0.1, -0.05) is 6.07 Å². The Morgan fingerprint density at radius 2 is 2.25 bits per heavy atom. The van der Waals surface area contributed by atoms with E-state index in [2.05, 4.69) is 5.32 Å². The molecule has 1 aromatic rings. The van der Waals surface area contributed by atoms with E-state index in [1.165, 1.54) is 23.9 Å². The zero-order valence-electron chi connectivity index (χ0n) is 7.96. The number of hydrogen-bond donors (Lipinski definition) is 1. The van der Waals surface area contributed by atoms with Gasteiger partial charge in [-0.2, -0.15) is 14.0 Å². The van der Waals surface area contributed by atoms with Crippen LogP contribution in [-0.4, -0.2) is 11.7 Å². The van der Waals surface area contributed by atoms with Crippen molar-refractivity contribution in [3.63, 3.8) is 0 Å². The lowest BCUT2D eigenvalue weighted by Gasteiger charge is -2.18. The highest BCUT2D eigenvalue weighted by molar-refractivity contribution is 8.00. The molecule has 1 amide bonds.